The molecule has 0 aromatic heterocycles. The van der Waals surface area contributed by atoms with Crippen LogP contribution in [0.15, 0.2) is 24.3 Å². The van der Waals surface area contributed by atoms with Gasteiger partial charge in [0.1, 0.15) is 18.2 Å². The second-order valence-electron chi connectivity index (χ2n) is 4.37. The highest BCUT2D eigenvalue weighted by Crippen LogP contribution is 2.22. The van der Waals surface area contributed by atoms with Crippen LogP contribution in [0, 0.1) is 5.41 Å². The van der Waals surface area contributed by atoms with Gasteiger partial charge in [0.05, 0.1) is 17.8 Å². The van der Waals surface area contributed by atoms with Gasteiger partial charge in [0.15, 0.2) is 0 Å². The maximum atomic E-state index is 7.46. The molecule has 4 nitrogen and oxygen atoms in total. The van der Waals surface area contributed by atoms with Crippen LogP contribution in [0.3, 0.4) is 0 Å². The van der Waals surface area contributed by atoms with Crippen LogP contribution in [0.5, 0.6) is 5.75 Å². The molecule has 1 aliphatic rings. The van der Waals surface area contributed by atoms with Crippen molar-refractivity contribution >= 4 is 5.84 Å². The lowest BCUT2D eigenvalue weighted by molar-refractivity contribution is 0.0264. The Hall–Kier alpha value is -1.55. The third kappa shape index (κ3) is 2.97. The average molecular weight is 234 g/mol. The second-order valence-corrected chi connectivity index (χ2v) is 4.37. The summed E-state index contributed by atoms with van der Waals surface area (Å²) in [6.45, 7) is 2.60. The van der Waals surface area contributed by atoms with Crippen LogP contribution in [-0.4, -0.2) is 24.7 Å². The Balaban J connectivity index is 1.97. The van der Waals surface area contributed by atoms with Crippen molar-refractivity contribution in [3.63, 3.8) is 0 Å². The van der Waals surface area contributed by atoms with Crippen LogP contribution in [-0.2, 0) is 4.74 Å². The van der Waals surface area contributed by atoms with E-state index in [0.717, 1.165) is 12.8 Å². The van der Waals surface area contributed by atoms with Crippen molar-refractivity contribution in [1.82, 2.24) is 0 Å². The molecule has 1 aromatic carbocycles. The highest BCUT2D eigenvalue weighted by atomic mass is 16.5. The summed E-state index contributed by atoms with van der Waals surface area (Å²) in [7, 11) is 0. The van der Waals surface area contributed by atoms with E-state index in [4.69, 9.17) is 20.6 Å². The van der Waals surface area contributed by atoms with Gasteiger partial charge in [0.25, 0.3) is 0 Å². The molecule has 0 saturated carbocycles. The summed E-state index contributed by atoms with van der Waals surface area (Å²) in [5.74, 6) is 0.685. The topological polar surface area (TPSA) is 68.3 Å². The van der Waals surface area contributed by atoms with Gasteiger partial charge in [0.2, 0.25) is 0 Å². The fourth-order valence-electron chi connectivity index (χ4n) is 2.01. The van der Waals surface area contributed by atoms with Crippen LogP contribution < -0.4 is 10.5 Å². The quantitative estimate of drug-likeness (QED) is 0.617. The first-order valence-electron chi connectivity index (χ1n) is 5.88. The van der Waals surface area contributed by atoms with Crippen molar-refractivity contribution in [2.75, 3.05) is 6.61 Å². The number of nitrogens with two attached hydrogens (primary N) is 1. The molecule has 1 saturated heterocycles. The normalized spacial score (nSPS) is 23.6. The summed E-state index contributed by atoms with van der Waals surface area (Å²) < 4.78 is 11.4. The van der Waals surface area contributed by atoms with Gasteiger partial charge >= 0.3 is 0 Å². The lowest BCUT2D eigenvalue weighted by Crippen LogP contribution is -2.20. The van der Waals surface area contributed by atoms with Gasteiger partial charge in [-0.3, -0.25) is 5.41 Å². The Morgan fingerprint density at radius 1 is 1.47 bits per heavy atom. The Morgan fingerprint density at radius 3 is 2.88 bits per heavy atom. The summed E-state index contributed by atoms with van der Waals surface area (Å²) in [6, 6.07) is 7.34. The number of nitrogen functional groups attached to an aromatic ring is 1. The molecule has 4 heteroatoms. The van der Waals surface area contributed by atoms with Crippen molar-refractivity contribution in [2.24, 2.45) is 5.73 Å². The average Bonchev–Trinajstić information content (AvgIpc) is 2.73. The fourth-order valence-corrected chi connectivity index (χ4v) is 2.01. The van der Waals surface area contributed by atoms with Crippen molar-refractivity contribution in [2.45, 2.75) is 32.0 Å². The Morgan fingerprint density at radius 2 is 2.24 bits per heavy atom. The number of amidine groups is 1. The highest BCUT2D eigenvalue weighted by molar-refractivity contribution is 5.97. The van der Waals surface area contributed by atoms with Gasteiger partial charge in [0, 0.05) is 0 Å². The lowest BCUT2D eigenvalue weighted by atomic mass is 10.2. The van der Waals surface area contributed by atoms with Crippen molar-refractivity contribution < 1.29 is 9.47 Å². The lowest BCUT2D eigenvalue weighted by Gasteiger charge is -2.14. The minimum atomic E-state index is 0.0290. The molecule has 2 unspecified atom stereocenters. The maximum absolute atomic E-state index is 7.46. The molecule has 0 bridgehead atoms. The predicted molar refractivity (Wildman–Crippen MR) is 66.5 cm³/mol. The van der Waals surface area contributed by atoms with Crippen molar-refractivity contribution in [1.29, 1.82) is 5.41 Å². The van der Waals surface area contributed by atoms with Gasteiger partial charge in [-0.2, -0.15) is 0 Å². The molecular weight excluding hydrogens is 216 g/mol. The van der Waals surface area contributed by atoms with Gasteiger partial charge in [-0.1, -0.05) is 12.1 Å². The predicted octanol–water partition coefficient (Wildman–Crippen LogP) is 1.92. The number of ether oxygens (including phenoxy) is 2. The fraction of sp³-hybridized carbons (Fsp3) is 0.462. The van der Waals surface area contributed by atoms with Crippen molar-refractivity contribution in [3.05, 3.63) is 29.8 Å². The third-order valence-electron chi connectivity index (χ3n) is 2.92. The Kier molecular flexibility index (Phi) is 3.64. The standard InChI is InChI=1S/C13H18N2O2/c1-9-6-7-10(17-9)8-16-12-5-3-2-4-11(12)13(14)15/h2-5,9-10H,6-8H2,1H3,(H3,14,15). The SMILES string of the molecule is CC1CCC(COc2ccccc2C(=N)N)O1. The molecule has 2 rings (SSSR count). The molecule has 3 N–H and O–H groups in total. The van der Waals surface area contributed by atoms with E-state index in [-0.39, 0.29) is 11.9 Å². The van der Waals surface area contributed by atoms with Crippen LogP contribution >= 0.6 is 0 Å². The first-order valence-corrected chi connectivity index (χ1v) is 5.88. The summed E-state index contributed by atoms with van der Waals surface area (Å²) in [5.41, 5.74) is 6.13. The molecule has 0 amide bonds. The van der Waals surface area contributed by atoms with E-state index in [1.807, 2.05) is 18.2 Å². The molecule has 1 fully saturated rings. The first kappa shape index (κ1) is 11.9. The minimum absolute atomic E-state index is 0.0290. The molecule has 17 heavy (non-hydrogen) atoms. The minimum Gasteiger partial charge on any atom is -0.490 e. The van der Waals surface area contributed by atoms with Crippen LogP contribution in [0.25, 0.3) is 0 Å². The van der Waals surface area contributed by atoms with Crippen LogP contribution in [0.1, 0.15) is 25.3 Å². The van der Waals surface area contributed by atoms with Crippen molar-refractivity contribution in [3.8, 4) is 5.75 Å². The zero-order valence-corrected chi connectivity index (χ0v) is 9.98. The molecule has 1 aromatic rings. The van der Waals surface area contributed by atoms with E-state index in [1.54, 1.807) is 6.07 Å². The first-order chi connectivity index (χ1) is 8.16. The van der Waals surface area contributed by atoms with E-state index in [9.17, 15) is 0 Å². The molecular formula is C13H18N2O2. The molecule has 2 atom stereocenters. The molecule has 92 valence electrons. The van der Waals surface area contributed by atoms with E-state index >= 15 is 0 Å². The van der Waals surface area contributed by atoms with E-state index in [2.05, 4.69) is 6.92 Å². The zero-order valence-electron chi connectivity index (χ0n) is 9.98. The number of rotatable bonds is 4. The number of nitrogens with one attached hydrogen (secondary N) is 1. The van der Waals surface area contributed by atoms with Gasteiger partial charge < -0.3 is 15.2 Å². The monoisotopic (exact) mass is 234 g/mol. The largest absolute Gasteiger partial charge is 0.490 e. The summed E-state index contributed by atoms with van der Waals surface area (Å²) in [5, 5.41) is 7.46. The van der Waals surface area contributed by atoms with E-state index in [1.165, 1.54) is 0 Å². The number of para-hydroxylation sites is 1. The highest BCUT2D eigenvalue weighted by Gasteiger charge is 2.22. The molecule has 0 radical (unpaired) electrons. The van der Waals surface area contributed by atoms with Crippen LogP contribution in [0.4, 0.5) is 0 Å². The summed E-state index contributed by atoms with van der Waals surface area (Å²) in [6.07, 6.45) is 2.60. The van der Waals surface area contributed by atoms with Crippen LogP contribution in [0.2, 0.25) is 0 Å². The van der Waals surface area contributed by atoms with E-state index < -0.39 is 0 Å². The maximum Gasteiger partial charge on any atom is 0.130 e. The zero-order chi connectivity index (χ0) is 12.3. The number of hydrogen-bond donors (Lipinski definition) is 2. The summed E-state index contributed by atoms with van der Waals surface area (Å²) >= 11 is 0. The van der Waals surface area contributed by atoms with Gasteiger partial charge in [-0.05, 0) is 31.9 Å². The Labute approximate surface area is 101 Å². The van der Waals surface area contributed by atoms with E-state index in [0.29, 0.717) is 24.0 Å². The molecule has 0 aliphatic carbocycles. The third-order valence-corrected chi connectivity index (χ3v) is 2.92. The Bertz CT molecular complexity index is 406. The number of benzene rings is 1. The summed E-state index contributed by atoms with van der Waals surface area (Å²) in [4.78, 5) is 0. The smallest absolute Gasteiger partial charge is 0.130 e. The molecule has 1 heterocycles. The van der Waals surface area contributed by atoms with Gasteiger partial charge in [-0.15, -0.1) is 0 Å². The molecule has 1 aliphatic heterocycles. The number of hydrogen-bond acceptors (Lipinski definition) is 3. The van der Waals surface area contributed by atoms with Gasteiger partial charge in [-0.25, -0.2) is 0 Å². The second kappa shape index (κ2) is 5.19. The molecule has 0 spiro atoms.